The van der Waals surface area contributed by atoms with Gasteiger partial charge in [0.25, 0.3) is 0 Å². The number of carbonyl (C=O) groups is 1. The Kier molecular flexibility index (Phi) is 5.65. The van der Waals surface area contributed by atoms with Crippen LogP contribution in [0.2, 0.25) is 0 Å². The van der Waals surface area contributed by atoms with E-state index < -0.39 is 0 Å². The van der Waals surface area contributed by atoms with Crippen molar-refractivity contribution in [3.63, 3.8) is 0 Å². The zero-order chi connectivity index (χ0) is 13.5. The molecule has 18 heavy (non-hydrogen) atoms. The number of rotatable bonds is 6. The van der Waals surface area contributed by atoms with Gasteiger partial charge in [0.2, 0.25) is 5.91 Å². The lowest BCUT2D eigenvalue weighted by Gasteiger charge is -2.10. The van der Waals surface area contributed by atoms with Crippen LogP contribution < -0.4 is 10.6 Å². The zero-order valence-corrected chi connectivity index (χ0v) is 11.3. The number of hydrogen-bond donors (Lipinski definition) is 3. The lowest BCUT2D eigenvalue weighted by molar-refractivity contribution is -0.121. The molecule has 0 spiro atoms. The Bertz CT molecular complexity index is 403. The summed E-state index contributed by atoms with van der Waals surface area (Å²) in [5.74, 6) is 0.339. The van der Waals surface area contributed by atoms with Gasteiger partial charge in [0.15, 0.2) is 0 Å². The van der Waals surface area contributed by atoms with Gasteiger partial charge in [0.05, 0.1) is 0 Å². The van der Waals surface area contributed by atoms with Crippen LogP contribution in [0.3, 0.4) is 0 Å². The fourth-order valence-corrected chi connectivity index (χ4v) is 1.68. The highest BCUT2D eigenvalue weighted by molar-refractivity contribution is 5.76. The predicted molar refractivity (Wildman–Crippen MR) is 72.4 cm³/mol. The average Bonchev–Trinajstić information content (AvgIpc) is 2.28. The lowest BCUT2D eigenvalue weighted by atomic mass is 10.1. The van der Waals surface area contributed by atoms with Crippen LogP contribution in [-0.2, 0) is 11.3 Å². The van der Waals surface area contributed by atoms with Crippen LogP contribution in [0, 0.1) is 6.92 Å². The Morgan fingerprint density at radius 1 is 1.39 bits per heavy atom. The van der Waals surface area contributed by atoms with E-state index in [0.717, 1.165) is 11.1 Å². The number of benzene rings is 1. The van der Waals surface area contributed by atoms with Crippen LogP contribution in [0.1, 0.15) is 31.4 Å². The van der Waals surface area contributed by atoms with Crippen LogP contribution in [0.15, 0.2) is 18.2 Å². The fourth-order valence-electron chi connectivity index (χ4n) is 1.68. The van der Waals surface area contributed by atoms with Crippen molar-refractivity contribution in [3.8, 4) is 5.75 Å². The molecule has 4 heteroatoms. The monoisotopic (exact) mass is 250 g/mol. The maximum absolute atomic E-state index is 11.4. The standard InChI is InChI=1S/C14H22N2O2/c1-10(2)16-14(18)6-7-15-9-12-8-11(3)4-5-13(12)17/h4-5,8,10,15,17H,6-7,9H2,1-3H3,(H,16,18). The molecule has 100 valence electrons. The van der Waals surface area contributed by atoms with Gasteiger partial charge in [-0.1, -0.05) is 17.7 Å². The number of hydrogen-bond acceptors (Lipinski definition) is 3. The molecule has 0 unspecified atom stereocenters. The van der Waals surface area contributed by atoms with Gasteiger partial charge in [0, 0.05) is 31.1 Å². The summed E-state index contributed by atoms with van der Waals surface area (Å²) in [7, 11) is 0. The van der Waals surface area contributed by atoms with Crippen molar-refractivity contribution >= 4 is 5.91 Å². The first-order valence-corrected chi connectivity index (χ1v) is 6.27. The summed E-state index contributed by atoms with van der Waals surface area (Å²) >= 11 is 0. The van der Waals surface area contributed by atoms with Crippen molar-refractivity contribution in [3.05, 3.63) is 29.3 Å². The molecule has 0 heterocycles. The highest BCUT2D eigenvalue weighted by atomic mass is 16.3. The molecule has 0 aliphatic rings. The number of phenols is 1. The fraction of sp³-hybridized carbons (Fsp3) is 0.500. The molecule has 1 amide bonds. The molecule has 0 saturated heterocycles. The summed E-state index contributed by atoms with van der Waals surface area (Å²) in [5.41, 5.74) is 1.97. The Labute approximate surface area is 108 Å². The Balaban J connectivity index is 2.29. The van der Waals surface area contributed by atoms with E-state index in [1.165, 1.54) is 0 Å². The first-order chi connectivity index (χ1) is 8.49. The second-order valence-corrected chi connectivity index (χ2v) is 4.78. The van der Waals surface area contributed by atoms with E-state index in [1.54, 1.807) is 6.07 Å². The Morgan fingerprint density at radius 2 is 2.11 bits per heavy atom. The van der Waals surface area contributed by atoms with E-state index in [2.05, 4.69) is 10.6 Å². The molecule has 4 nitrogen and oxygen atoms in total. The van der Waals surface area contributed by atoms with Crippen LogP contribution in [-0.4, -0.2) is 23.6 Å². The number of aromatic hydroxyl groups is 1. The van der Waals surface area contributed by atoms with Crippen LogP contribution in [0.4, 0.5) is 0 Å². The highest BCUT2D eigenvalue weighted by Gasteiger charge is 2.04. The third-order valence-electron chi connectivity index (χ3n) is 2.53. The van der Waals surface area contributed by atoms with Gasteiger partial charge in [-0.25, -0.2) is 0 Å². The molecule has 1 aromatic carbocycles. The van der Waals surface area contributed by atoms with E-state index in [4.69, 9.17) is 0 Å². The van der Waals surface area contributed by atoms with Gasteiger partial charge >= 0.3 is 0 Å². The molecule has 0 aliphatic carbocycles. The minimum Gasteiger partial charge on any atom is -0.508 e. The first kappa shape index (κ1) is 14.5. The quantitative estimate of drug-likeness (QED) is 0.673. The molecular weight excluding hydrogens is 228 g/mol. The molecule has 0 radical (unpaired) electrons. The molecule has 0 bridgehead atoms. The lowest BCUT2D eigenvalue weighted by Crippen LogP contribution is -2.32. The molecule has 0 atom stereocenters. The van der Waals surface area contributed by atoms with E-state index in [1.807, 2.05) is 32.9 Å². The SMILES string of the molecule is Cc1ccc(O)c(CNCCC(=O)NC(C)C)c1. The zero-order valence-electron chi connectivity index (χ0n) is 11.3. The Hall–Kier alpha value is -1.55. The first-order valence-electron chi connectivity index (χ1n) is 6.27. The minimum absolute atomic E-state index is 0.0472. The number of carbonyl (C=O) groups excluding carboxylic acids is 1. The highest BCUT2D eigenvalue weighted by Crippen LogP contribution is 2.17. The largest absolute Gasteiger partial charge is 0.508 e. The van der Waals surface area contributed by atoms with Crippen molar-refractivity contribution in [1.82, 2.24) is 10.6 Å². The number of amides is 1. The summed E-state index contributed by atoms with van der Waals surface area (Å²) < 4.78 is 0. The number of aryl methyl sites for hydroxylation is 1. The maximum Gasteiger partial charge on any atom is 0.221 e. The number of nitrogens with one attached hydrogen (secondary N) is 2. The predicted octanol–water partition coefficient (Wildman–Crippen LogP) is 1.70. The molecular formula is C14H22N2O2. The van der Waals surface area contributed by atoms with E-state index >= 15 is 0 Å². The van der Waals surface area contributed by atoms with Crippen LogP contribution in [0.5, 0.6) is 5.75 Å². The van der Waals surface area contributed by atoms with Crippen molar-refractivity contribution in [2.24, 2.45) is 0 Å². The minimum atomic E-state index is 0.0472. The van der Waals surface area contributed by atoms with Gasteiger partial charge < -0.3 is 15.7 Å². The van der Waals surface area contributed by atoms with Crippen molar-refractivity contribution < 1.29 is 9.90 Å². The summed E-state index contributed by atoms with van der Waals surface area (Å²) in [5, 5.41) is 15.6. The molecule has 3 N–H and O–H groups in total. The molecule has 0 saturated carbocycles. The van der Waals surface area contributed by atoms with Gasteiger partial charge in [-0.2, -0.15) is 0 Å². The third-order valence-corrected chi connectivity index (χ3v) is 2.53. The molecule has 1 aromatic rings. The summed E-state index contributed by atoms with van der Waals surface area (Å²) in [6.07, 6.45) is 0.449. The summed E-state index contributed by atoms with van der Waals surface area (Å²) in [4.78, 5) is 11.4. The van der Waals surface area contributed by atoms with E-state index in [0.29, 0.717) is 25.3 Å². The normalized spacial score (nSPS) is 10.7. The van der Waals surface area contributed by atoms with E-state index in [9.17, 15) is 9.90 Å². The van der Waals surface area contributed by atoms with Crippen LogP contribution in [0.25, 0.3) is 0 Å². The Morgan fingerprint density at radius 3 is 2.78 bits per heavy atom. The number of phenolic OH excluding ortho intramolecular Hbond substituents is 1. The summed E-state index contributed by atoms with van der Waals surface area (Å²) in [6.45, 7) is 7.04. The van der Waals surface area contributed by atoms with Gasteiger partial charge in [0.1, 0.15) is 5.75 Å². The third kappa shape index (κ3) is 5.19. The smallest absolute Gasteiger partial charge is 0.221 e. The molecule has 0 fully saturated rings. The second-order valence-electron chi connectivity index (χ2n) is 4.78. The molecule has 0 aliphatic heterocycles. The van der Waals surface area contributed by atoms with Crippen molar-refractivity contribution in [1.29, 1.82) is 0 Å². The molecule has 0 aromatic heterocycles. The van der Waals surface area contributed by atoms with Gasteiger partial charge in [-0.3, -0.25) is 4.79 Å². The van der Waals surface area contributed by atoms with Crippen molar-refractivity contribution in [2.75, 3.05) is 6.54 Å². The molecule has 1 rings (SSSR count). The average molecular weight is 250 g/mol. The maximum atomic E-state index is 11.4. The van der Waals surface area contributed by atoms with Gasteiger partial charge in [-0.05, 0) is 26.8 Å². The van der Waals surface area contributed by atoms with Crippen molar-refractivity contribution in [2.45, 2.75) is 39.8 Å². The van der Waals surface area contributed by atoms with Crippen LogP contribution >= 0.6 is 0 Å². The summed E-state index contributed by atoms with van der Waals surface area (Å²) in [6, 6.07) is 5.68. The van der Waals surface area contributed by atoms with E-state index in [-0.39, 0.29) is 11.9 Å². The topological polar surface area (TPSA) is 61.4 Å². The van der Waals surface area contributed by atoms with Gasteiger partial charge in [-0.15, -0.1) is 0 Å². The second kappa shape index (κ2) is 7.01.